The molecule has 3 heteroatoms. The van der Waals surface area contributed by atoms with Crippen LogP contribution < -0.4 is 11.1 Å². The van der Waals surface area contributed by atoms with Crippen molar-refractivity contribution in [1.82, 2.24) is 5.32 Å². The van der Waals surface area contributed by atoms with Crippen LogP contribution >= 0.6 is 11.3 Å². The van der Waals surface area contributed by atoms with Gasteiger partial charge in [-0.1, -0.05) is 19.8 Å². The second kappa shape index (κ2) is 5.98. The highest BCUT2D eigenvalue weighted by Crippen LogP contribution is 2.36. The molecule has 2 nitrogen and oxygen atoms in total. The van der Waals surface area contributed by atoms with Crippen LogP contribution in [0, 0.1) is 5.41 Å². The maximum absolute atomic E-state index is 5.95. The normalized spacial score (nSPS) is 18.7. The fourth-order valence-corrected chi connectivity index (χ4v) is 3.80. The van der Waals surface area contributed by atoms with Gasteiger partial charge in [0.1, 0.15) is 0 Å². The zero-order valence-electron chi connectivity index (χ0n) is 10.8. The maximum atomic E-state index is 5.95. The van der Waals surface area contributed by atoms with E-state index in [9.17, 15) is 0 Å². The lowest BCUT2D eigenvalue weighted by molar-refractivity contribution is 0.290. The molecule has 0 aromatic carbocycles. The van der Waals surface area contributed by atoms with E-state index < -0.39 is 0 Å². The summed E-state index contributed by atoms with van der Waals surface area (Å²) in [5.74, 6) is 0. The van der Waals surface area contributed by atoms with E-state index in [-0.39, 0.29) is 0 Å². The molecule has 0 unspecified atom stereocenters. The Balaban J connectivity index is 1.82. The second-order valence-electron chi connectivity index (χ2n) is 5.24. The number of hydrogen-bond acceptors (Lipinski definition) is 3. The van der Waals surface area contributed by atoms with Crippen LogP contribution in [0.2, 0.25) is 0 Å². The van der Waals surface area contributed by atoms with Gasteiger partial charge in [-0.2, -0.15) is 0 Å². The highest BCUT2D eigenvalue weighted by molar-refractivity contribution is 7.10. The van der Waals surface area contributed by atoms with Gasteiger partial charge in [0.05, 0.1) is 0 Å². The Morgan fingerprint density at radius 1 is 1.41 bits per heavy atom. The van der Waals surface area contributed by atoms with Crippen molar-refractivity contribution < 1.29 is 0 Å². The van der Waals surface area contributed by atoms with E-state index in [1.165, 1.54) is 36.1 Å². The van der Waals surface area contributed by atoms with E-state index >= 15 is 0 Å². The van der Waals surface area contributed by atoms with E-state index in [0.717, 1.165) is 26.1 Å². The van der Waals surface area contributed by atoms with Crippen LogP contribution in [0.3, 0.4) is 0 Å². The Labute approximate surface area is 109 Å². The van der Waals surface area contributed by atoms with E-state index in [4.69, 9.17) is 5.73 Å². The van der Waals surface area contributed by atoms with Gasteiger partial charge in [0, 0.05) is 18.0 Å². The predicted molar refractivity (Wildman–Crippen MR) is 75.4 cm³/mol. The lowest BCUT2D eigenvalue weighted by Crippen LogP contribution is -2.38. The summed E-state index contributed by atoms with van der Waals surface area (Å²) in [6, 6.07) is 2.25. The largest absolute Gasteiger partial charge is 0.330 e. The Morgan fingerprint density at radius 2 is 2.18 bits per heavy atom. The third-order valence-electron chi connectivity index (χ3n) is 4.10. The van der Waals surface area contributed by atoms with Crippen LogP contribution in [0.4, 0.5) is 0 Å². The third kappa shape index (κ3) is 3.09. The first-order valence-corrected chi connectivity index (χ1v) is 7.64. The lowest BCUT2D eigenvalue weighted by Gasteiger charge is -2.27. The van der Waals surface area contributed by atoms with Gasteiger partial charge in [0.2, 0.25) is 0 Å². The number of hydrogen-bond donors (Lipinski definition) is 2. The quantitative estimate of drug-likeness (QED) is 0.817. The Bertz CT molecular complexity index is 340. The molecule has 0 spiro atoms. The number of nitrogens with one attached hydrogen (secondary N) is 1. The van der Waals surface area contributed by atoms with Crippen molar-refractivity contribution in [2.75, 3.05) is 13.1 Å². The molecule has 96 valence electrons. The number of rotatable bonds is 6. The van der Waals surface area contributed by atoms with Crippen LogP contribution in [-0.4, -0.2) is 13.1 Å². The summed E-state index contributed by atoms with van der Waals surface area (Å²) in [7, 11) is 0. The van der Waals surface area contributed by atoms with Crippen LogP contribution in [0.5, 0.6) is 0 Å². The first-order valence-electron chi connectivity index (χ1n) is 6.76. The minimum atomic E-state index is 0.392. The Hall–Kier alpha value is -0.380. The molecule has 1 heterocycles. The summed E-state index contributed by atoms with van der Waals surface area (Å²) >= 11 is 1.87. The summed E-state index contributed by atoms with van der Waals surface area (Å²) in [5, 5.41) is 5.83. The van der Waals surface area contributed by atoms with Gasteiger partial charge in [-0.05, 0) is 48.2 Å². The number of thiophene rings is 1. The van der Waals surface area contributed by atoms with Crippen molar-refractivity contribution in [1.29, 1.82) is 0 Å². The molecule has 0 saturated heterocycles. The van der Waals surface area contributed by atoms with Gasteiger partial charge in [-0.25, -0.2) is 0 Å². The molecule has 17 heavy (non-hydrogen) atoms. The zero-order chi connectivity index (χ0) is 12.1. The van der Waals surface area contributed by atoms with Crippen molar-refractivity contribution in [2.45, 2.75) is 45.6 Å². The first kappa shape index (κ1) is 13.1. The molecule has 1 aliphatic rings. The molecule has 0 atom stereocenters. The van der Waals surface area contributed by atoms with Crippen LogP contribution in [0.25, 0.3) is 0 Å². The highest BCUT2D eigenvalue weighted by atomic mass is 32.1. The Kier molecular flexibility index (Phi) is 4.60. The molecule has 2 rings (SSSR count). The smallest absolute Gasteiger partial charge is 0.0302 e. The lowest BCUT2D eigenvalue weighted by atomic mass is 9.86. The van der Waals surface area contributed by atoms with Crippen molar-refractivity contribution in [3.8, 4) is 0 Å². The molecule has 1 saturated carbocycles. The fraction of sp³-hybridized carbons (Fsp3) is 0.714. The molecule has 1 aliphatic carbocycles. The SMILES string of the molecule is CCc1ccsc1CNCC1(CN)CCCC1. The molecular weight excluding hydrogens is 228 g/mol. The second-order valence-corrected chi connectivity index (χ2v) is 6.24. The summed E-state index contributed by atoms with van der Waals surface area (Å²) in [6.07, 6.45) is 6.47. The number of aryl methyl sites for hydroxylation is 1. The molecule has 0 radical (unpaired) electrons. The van der Waals surface area contributed by atoms with E-state index in [0.29, 0.717) is 5.41 Å². The van der Waals surface area contributed by atoms with Crippen molar-refractivity contribution in [3.05, 3.63) is 21.9 Å². The van der Waals surface area contributed by atoms with E-state index in [2.05, 4.69) is 23.7 Å². The van der Waals surface area contributed by atoms with Gasteiger partial charge in [-0.3, -0.25) is 0 Å². The average Bonchev–Trinajstić information content (AvgIpc) is 2.98. The predicted octanol–water partition coefficient (Wildman–Crippen LogP) is 2.92. The van der Waals surface area contributed by atoms with Gasteiger partial charge < -0.3 is 11.1 Å². The minimum Gasteiger partial charge on any atom is -0.330 e. The molecule has 1 aromatic heterocycles. The van der Waals surface area contributed by atoms with Crippen molar-refractivity contribution in [2.24, 2.45) is 11.1 Å². The summed E-state index contributed by atoms with van der Waals surface area (Å²) in [5.41, 5.74) is 7.84. The average molecular weight is 252 g/mol. The van der Waals surface area contributed by atoms with Gasteiger partial charge >= 0.3 is 0 Å². The third-order valence-corrected chi connectivity index (χ3v) is 5.06. The topological polar surface area (TPSA) is 38.0 Å². The highest BCUT2D eigenvalue weighted by Gasteiger charge is 2.31. The molecule has 1 fully saturated rings. The Morgan fingerprint density at radius 3 is 2.82 bits per heavy atom. The molecular formula is C14H24N2S. The summed E-state index contributed by atoms with van der Waals surface area (Å²) in [6.45, 7) is 5.17. The van der Waals surface area contributed by atoms with Crippen molar-refractivity contribution >= 4 is 11.3 Å². The minimum absolute atomic E-state index is 0.392. The van der Waals surface area contributed by atoms with E-state index in [1.807, 2.05) is 11.3 Å². The van der Waals surface area contributed by atoms with Crippen LogP contribution in [-0.2, 0) is 13.0 Å². The molecule has 0 aliphatic heterocycles. The van der Waals surface area contributed by atoms with Gasteiger partial charge in [-0.15, -0.1) is 11.3 Å². The molecule has 1 aromatic rings. The molecule has 3 N–H and O–H groups in total. The standard InChI is InChI=1S/C14H24N2S/c1-2-12-5-8-17-13(12)9-16-11-14(10-15)6-3-4-7-14/h5,8,16H,2-4,6-7,9-11,15H2,1H3. The zero-order valence-corrected chi connectivity index (χ0v) is 11.6. The van der Waals surface area contributed by atoms with Crippen LogP contribution in [0.15, 0.2) is 11.4 Å². The summed E-state index contributed by atoms with van der Waals surface area (Å²) < 4.78 is 0. The fourth-order valence-electron chi connectivity index (χ4n) is 2.86. The molecule has 0 bridgehead atoms. The summed E-state index contributed by atoms with van der Waals surface area (Å²) in [4.78, 5) is 1.50. The first-order chi connectivity index (χ1) is 8.29. The monoisotopic (exact) mass is 252 g/mol. The van der Waals surface area contributed by atoms with Crippen molar-refractivity contribution in [3.63, 3.8) is 0 Å². The maximum Gasteiger partial charge on any atom is 0.0302 e. The van der Waals surface area contributed by atoms with Crippen LogP contribution in [0.1, 0.15) is 43.0 Å². The van der Waals surface area contributed by atoms with Gasteiger partial charge in [0.15, 0.2) is 0 Å². The molecule has 0 amide bonds. The number of nitrogens with two attached hydrogens (primary N) is 1. The van der Waals surface area contributed by atoms with E-state index in [1.54, 1.807) is 0 Å². The van der Waals surface area contributed by atoms with Gasteiger partial charge in [0.25, 0.3) is 0 Å².